The molecule has 12 nitrogen and oxygen atoms in total. The number of nitrogens with zero attached hydrogens (tertiary/aromatic N) is 1. The number of cyclic esters (lactones) is 1. The smallest absolute Gasteiger partial charge is 0.407 e. The van der Waals surface area contributed by atoms with Crippen molar-refractivity contribution in [3.63, 3.8) is 0 Å². The quantitative estimate of drug-likeness (QED) is 0.197. The molecule has 1 unspecified atom stereocenters. The predicted molar refractivity (Wildman–Crippen MR) is 164 cm³/mol. The first kappa shape index (κ1) is 33.6. The number of aromatic nitrogens is 1. The van der Waals surface area contributed by atoms with Crippen LogP contribution in [0, 0.1) is 17.5 Å². The van der Waals surface area contributed by atoms with Crippen molar-refractivity contribution in [3.8, 4) is 11.1 Å². The van der Waals surface area contributed by atoms with Crippen LogP contribution in [0.3, 0.4) is 0 Å². The molecule has 3 heterocycles. The molecule has 2 fully saturated rings. The third-order valence-electron chi connectivity index (χ3n) is 7.76. The van der Waals surface area contributed by atoms with Crippen LogP contribution in [0.25, 0.3) is 11.1 Å². The largest absolute Gasteiger partial charge is 0.448 e. The van der Waals surface area contributed by atoms with Crippen molar-refractivity contribution < 1.29 is 41.8 Å². The van der Waals surface area contributed by atoms with E-state index >= 15 is 0 Å². The number of alkyl carbamates (subject to hydrolysis) is 2. The Balaban J connectivity index is 1.08. The van der Waals surface area contributed by atoms with E-state index in [1.807, 2.05) is 0 Å². The number of halogens is 3. The molecule has 3 aromatic rings. The zero-order valence-electron chi connectivity index (χ0n) is 25.3. The van der Waals surface area contributed by atoms with E-state index in [1.54, 1.807) is 6.07 Å². The minimum absolute atomic E-state index is 0.0577. The Bertz CT molecular complexity index is 1570. The Kier molecular flexibility index (Phi) is 11.2. The Hall–Kier alpha value is -4.73. The van der Waals surface area contributed by atoms with Gasteiger partial charge in [0.15, 0.2) is 0 Å². The van der Waals surface area contributed by atoms with Crippen LogP contribution in [-0.4, -0.2) is 80.2 Å². The second-order valence-corrected chi connectivity index (χ2v) is 11.3. The maximum atomic E-state index is 14.8. The van der Waals surface area contributed by atoms with Gasteiger partial charge in [-0.05, 0) is 54.7 Å². The molecule has 1 aromatic heterocycles. The van der Waals surface area contributed by atoms with Crippen LogP contribution in [0.2, 0.25) is 0 Å². The van der Waals surface area contributed by atoms with Gasteiger partial charge in [0.1, 0.15) is 30.2 Å². The van der Waals surface area contributed by atoms with Crippen molar-refractivity contribution in [2.24, 2.45) is 5.73 Å². The van der Waals surface area contributed by atoms with E-state index in [4.69, 9.17) is 19.9 Å². The number of ether oxygens (including phenoxy) is 3. The second-order valence-electron chi connectivity index (χ2n) is 11.3. The summed E-state index contributed by atoms with van der Waals surface area (Å²) in [6.07, 6.45) is 1.24. The van der Waals surface area contributed by atoms with Crippen molar-refractivity contribution in [2.75, 3.05) is 38.2 Å². The van der Waals surface area contributed by atoms with E-state index in [-0.39, 0.29) is 61.6 Å². The SMILES string of the molecule is N[C@@H](Cc1ccc(F)c(-c2ccc(F)cc2)c1)C(=O)Nc1cncc(F)c1CC[C@@H]1CN[C@H](COC(=O)NCC2CNC(=O)O2)CO1. The molecule has 5 rings (SSSR count). The number of carbonyl (C=O) groups excluding carboxylic acids is 3. The number of pyridine rings is 1. The van der Waals surface area contributed by atoms with Gasteiger partial charge in [-0.1, -0.05) is 18.2 Å². The standard InChI is InChI=1S/C32H35F3N6O6/c33-20-4-2-19(3-5-20)25-9-18(1-8-26(25)34)10-28(36)30(42)41-29-15-37-14-27(35)24(29)7-6-22-11-38-21(16-45-22)17-46-31(43)39-12-23-13-40-32(44)47-23/h1-5,8-9,14-15,21-23,28,38H,6-7,10-13,16-17,36H2,(H,39,43)(H,40,44)(H,41,42)/t21-,22+,23?,28-/m0/s1. The number of carbonyl (C=O) groups is 3. The minimum atomic E-state index is -1.04. The lowest BCUT2D eigenvalue weighted by molar-refractivity contribution is -0.117. The summed E-state index contributed by atoms with van der Waals surface area (Å²) in [5, 5.41) is 10.9. The van der Waals surface area contributed by atoms with Crippen molar-refractivity contribution in [3.05, 3.63) is 83.4 Å². The number of morpholine rings is 1. The molecule has 2 aliphatic rings. The van der Waals surface area contributed by atoms with Gasteiger partial charge in [0, 0.05) is 17.7 Å². The summed E-state index contributed by atoms with van der Waals surface area (Å²) in [5.41, 5.74) is 7.92. The number of hydrogen-bond donors (Lipinski definition) is 5. The number of rotatable bonds is 12. The maximum Gasteiger partial charge on any atom is 0.407 e. The fourth-order valence-corrected chi connectivity index (χ4v) is 5.18. The molecule has 2 aromatic carbocycles. The first-order valence-corrected chi connectivity index (χ1v) is 15.1. The molecule has 47 heavy (non-hydrogen) atoms. The Morgan fingerprint density at radius 2 is 1.87 bits per heavy atom. The zero-order valence-corrected chi connectivity index (χ0v) is 25.3. The van der Waals surface area contributed by atoms with E-state index in [0.717, 1.165) is 6.20 Å². The molecule has 250 valence electrons. The number of benzene rings is 2. The van der Waals surface area contributed by atoms with Crippen LogP contribution in [0.1, 0.15) is 17.5 Å². The Morgan fingerprint density at radius 1 is 1.06 bits per heavy atom. The predicted octanol–water partition coefficient (Wildman–Crippen LogP) is 2.80. The van der Waals surface area contributed by atoms with Gasteiger partial charge in [-0.2, -0.15) is 0 Å². The summed E-state index contributed by atoms with van der Waals surface area (Å²) in [4.78, 5) is 39.9. The summed E-state index contributed by atoms with van der Waals surface area (Å²) >= 11 is 0. The van der Waals surface area contributed by atoms with E-state index in [1.165, 1.54) is 42.6 Å². The van der Waals surface area contributed by atoms with Crippen LogP contribution in [-0.2, 0) is 31.8 Å². The molecule has 0 radical (unpaired) electrons. The molecule has 3 amide bonds. The average molecular weight is 657 g/mol. The summed E-state index contributed by atoms with van der Waals surface area (Å²) in [6, 6.07) is 8.44. The van der Waals surface area contributed by atoms with Crippen LogP contribution >= 0.6 is 0 Å². The molecule has 15 heteroatoms. The van der Waals surface area contributed by atoms with Crippen molar-refractivity contribution in [1.82, 2.24) is 20.9 Å². The van der Waals surface area contributed by atoms with Gasteiger partial charge >= 0.3 is 12.2 Å². The van der Waals surface area contributed by atoms with Crippen LogP contribution < -0.4 is 27.0 Å². The topological polar surface area (TPSA) is 166 Å². The van der Waals surface area contributed by atoms with E-state index in [0.29, 0.717) is 30.6 Å². The van der Waals surface area contributed by atoms with Gasteiger partial charge in [0.2, 0.25) is 5.91 Å². The molecule has 4 atom stereocenters. The van der Waals surface area contributed by atoms with Gasteiger partial charge in [0.25, 0.3) is 0 Å². The average Bonchev–Trinajstić information content (AvgIpc) is 3.49. The van der Waals surface area contributed by atoms with Crippen LogP contribution in [0.15, 0.2) is 54.9 Å². The molecule has 0 aliphatic carbocycles. The highest BCUT2D eigenvalue weighted by atomic mass is 19.1. The lowest BCUT2D eigenvalue weighted by Crippen LogP contribution is -2.49. The highest BCUT2D eigenvalue weighted by Gasteiger charge is 2.26. The lowest BCUT2D eigenvalue weighted by Gasteiger charge is -2.30. The molecule has 0 spiro atoms. The van der Waals surface area contributed by atoms with Gasteiger partial charge in [0.05, 0.1) is 56.0 Å². The number of amides is 3. The van der Waals surface area contributed by atoms with Crippen LogP contribution in [0.4, 0.5) is 28.4 Å². The van der Waals surface area contributed by atoms with Crippen molar-refractivity contribution >= 4 is 23.8 Å². The summed E-state index contributed by atoms with van der Waals surface area (Å²) < 4.78 is 58.7. The van der Waals surface area contributed by atoms with Gasteiger partial charge in [-0.25, -0.2) is 22.8 Å². The second kappa shape index (κ2) is 15.7. The van der Waals surface area contributed by atoms with Gasteiger partial charge in [-0.15, -0.1) is 0 Å². The molecular weight excluding hydrogens is 621 g/mol. The number of anilines is 1. The van der Waals surface area contributed by atoms with Crippen molar-refractivity contribution in [1.29, 1.82) is 0 Å². The van der Waals surface area contributed by atoms with Gasteiger partial charge in [-0.3, -0.25) is 9.78 Å². The first-order valence-electron chi connectivity index (χ1n) is 15.1. The zero-order chi connectivity index (χ0) is 33.3. The minimum Gasteiger partial charge on any atom is -0.448 e. The number of hydrogen-bond acceptors (Lipinski definition) is 9. The van der Waals surface area contributed by atoms with Crippen LogP contribution in [0.5, 0.6) is 0 Å². The van der Waals surface area contributed by atoms with E-state index in [9.17, 15) is 27.6 Å². The third kappa shape index (κ3) is 9.40. The number of nitrogens with one attached hydrogen (secondary N) is 4. The van der Waals surface area contributed by atoms with Gasteiger partial charge < -0.3 is 41.2 Å². The normalized spacial score (nSPS) is 19.7. The highest BCUT2D eigenvalue weighted by Crippen LogP contribution is 2.26. The van der Waals surface area contributed by atoms with E-state index < -0.39 is 47.7 Å². The fraction of sp³-hybridized carbons (Fsp3) is 0.375. The van der Waals surface area contributed by atoms with E-state index in [2.05, 4.69) is 26.3 Å². The highest BCUT2D eigenvalue weighted by molar-refractivity contribution is 5.95. The third-order valence-corrected chi connectivity index (χ3v) is 7.76. The monoisotopic (exact) mass is 656 g/mol. The molecule has 2 aliphatic heterocycles. The lowest BCUT2D eigenvalue weighted by atomic mass is 9.98. The molecule has 6 N–H and O–H groups in total. The summed E-state index contributed by atoms with van der Waals surface area (Å²) in [6.45, 7) is 1.18. The Labute approximate surface area is 268 Å². The molecule has 2 saturated heterocycles. The fourth-order valence-electron chi connectivity index (χ4n) is 5.18. The molecular formula is C32H35F3N6O6. The van der Waals surface area contributed by atoms with Crippen molar-refractivity contribution in [2.45, 2.75) is 43.6 Å². The summed E-state index contributed by atoms with van der Waals surface area (Å²) in [7, 11) is 0. The Morgan fingerprint density at radius 3 is 2.60 bits per heavy atom. The summed E-state index contributed by atoms with van der Waals surface area (Å²) in [5.74, 6) is -2.11. The number of nitrogens with two attached hydrogens (primary N) is 1. The maximum absolute atomic E-state index is 14.8. The first-order chi connectivity index (χ1) is 22.6. The molecule has 0 bridgehead atoms. The molecule has 0 saturated carbocycles.